The lowest BCUT2D eigenvalue weighted by Crippen LogP contribution is -2.40. The third-order valence-electron chi connectivity index (χ3n) is 4.76. The first-order valence-electron chi connectivity index (χ1n) is 9.18. The number of carbonyl (C=O) groups is 1. The Balaban J connectivity index is 1.47. The van der Waals surface area contributed by atoms with Gasteiger partial charge in [-0.3, -0.25) is 9.78 Å². The van der Waals surface area contributed by atoms with E-state index in [1.807, 2.05) is 0 Å². The second kappa shape index (κ2) is 8.76. The molecule has 0 bridgehead atoms. The Labute approximate surface area is 155 Å². The second-order valence-corrected chi connectivity index (χ2v) is 6.98. The average molecular weight is 353 g/mol. The van der Waals surface area contributed by atoms with Gasteiger partial charge in [0.15, 0.2) is 0 Å². The molecule has 0 radical (unpaired) electrons. The molecule has 0 aliphatic carbocycles. The summed E-state index contributed by atoms with van der Waals surface area (Å²) in [6, 6.07) is 11.0. The van der Waals surface area contributed by atoms with Crippen LogP contribution >= 0.6 is 0 Å². The largest absolute Gasteiger partial charge is 0.366 e. The van der Waals surface area contributed by atoms with Gasteiger partial charge in [0.05, 0.1) is 12.4 Å². The Kier molecular flexibility index (Phi) is 6.17. The maximum atomic E-state index is 12.0. The predicted molar refractivity (Wildman–Crippen MR) is 103 cm³/mol. The van der Waals surface area contributed by atoms with Crippen molar-refractivity contribution in [3.8, 4) is 0 Å². The van der Waals surface area contributed by atoms with Crippen LogP contribution in [0.5, 0.6) is 0 Å². The summed E-state index contributed by atoms with van der Waals surface area (Å²) in [6.07, 6.45) is 6.44. The van der Waals surface area contributed by atoms with Crippen LogP contribution in [0, 0.1) is 0 Å². The van der Waals surface area contributed by atoms with E-state index in [1.165, 1.54) is 16.7 Å². The van der Waals surface area contributed by atoms with Crippen molar-refractivity contribution in [2.24, 2.45) is 0 Å². The zero-order valence-electron chi connectivity index (χ0n) is 15.6. The molecule has 2 heterocycles. The van der Waals surface area contributed by atoms with Crippen LogP contribution in [0.25, 0.3) is 0 Å². The summed E-state index contributed by atoms with van der Waals surface area (Å²) < 4.78 is 0. The standard InChI is InChI=1S/C20H27N5O/c1-24(2)20(26)18-14-21-15-19(23-18)22-17-9-12-25(13-10-17)11-8-16-6-4-3-5-7-16/h3-7,14-15,17H,8-13H2,1-2H3,(H,22,23). The third-order valence-corrected chi connectivity index (χ3v) is 4.76. The van der Waals surface area contributed by atoms with Gasteiger partial charge in [-0.1, -0.05) is 30.3 Å². The van der Waals surface area contributed by atoms with E-state index in [0.29, 0.717) is 17.6 Å². The van der Waals surface area contributed by atoms with E-state index in [4.69, 9.17) is 0 Å². The average Bonchev–Trinajstić information content (AvgIpc) is 2.68. The number of nitrogens with zero attached hydrogens (tertiary/aromatic N) is 4. The Hall–Kier alpha value is -2.47. The van der Waals surface area contributed by atoms with Gasteiger partial charge in [0.1, 0.15) is 11.5 Å². The van der Waals surface area contributed by atoms with Gasteiger partial charge in [0.2, 0.25) is 0 Å². The summed E-state index contributed by atoms with van der Waals surface area (Å²) in [5, 5.41) is 3.44. The minimum absolute atomic E-state index is 0.128. The van der Waals surface area contributed by atoms with Gasteiger partial charge in [-0.25, -0.2) is 4.98 Å². The van der Waals surface area contributed by atoms with Gasteiger partial charge in [0, 0.05) is 39.8 Å². The number of anilines is 1. The van der Waals surface area contributed by atoms with E-state index in [2.05, 4.69) is 50.5 Å². The van der Waals surface area contributed by atoms with Crippen molar-refractivity contribution in [1.82, 2.24) is 19.8 Å². The molecular formula is C20H27N5O. The molecule has 1 aromatic carbocycles. The van der Waals surface area contributed by atoms with Gasteiger partial charge < -0.3 is 15.1 Å². The fourth-order valence-electron chi connectivity index (χ4n) is 3.21. The number of aromatic nitrogens is 2. The molecule has 138 valence electrons. The molecule has 1 N–H and O–H groups in total. The Bertz CT molecular complexity index is 711. The molecule has 0 spiro atoms. The molecule has 6 nitrogen and oxygen atoms in total. The van der Waals surface area contributed by atoms with E-state index in [1.54, 1.807) is 20.3 Å². The molecule has 6 heteroatoms. The Morgan fingerprint density at radius 3 is 2.62 bits per heavy atom. The van der Waals surface area contributed by atoms with Crippen molar-refractivity contribution in [3.05, 3.63) is 54.0 Å². The minimum atomic E-state index is -0.128. The van der Waals surface area contributed by atoms with Crippen molar-refractivity contribution in [1.29, 1.82) is 0 Å². The number of benzene rings is 1. The maximum absolute atomic E-state index is 12.0. The van der Waals surface area contributed by atoms with E-state index in [9.17, 15) is 4.79 Å². The number of amides is 1. The number of likely N-dealkylation sites (tertiary alicyclic amines) is 1. The van der Waals surface area contributed by atoms with E-state index < -0.39 is 0 Å². The second-order valence-electron chi connectivity index (χ2n) is 6.98. The molecule has 0 saturated carbocycles. The van der Waals surface area contributed by atoms with Crippen molar-refractivity contribution in [2.45, 2.75) is 25.3 Å². The lowest BCUT2D eigenvalue weighted by molar-refractivity contribution is 0.0821. The fourth-order valence-corrected chi connectivity index (χ4v) is 3.21. The highest BCUT2D eigenvalue weighted by atomic mass is 16.2. The molecule has 1 aromatic heterocycles. The van der Waals surface area contributed by atoms with E-state index in [0.717, 1.165) is 38.9 Å². The highest BCUT2D eigenvalue weighted by molar-refractivity contribution is 5.91. The summed E-state index contributed by atoms with van der Waals surface area (Å²) >= 11 is 0. The van der Waals surface area contributed by atoms with Gasteiger partial charge in [-0.15, -0.1) is 0 Å². The quantitative estimate of drug-likeness (QED) is 0.863. The van der Waals surface area contributed by atoms with Crippen molar-refractivity contribution in [3.63, 3.8) is 0 Å². The van der Waals surface area contributed by atoms with Crippen LogP contribution in [0.4, 0.5) is 5.82 Å². The number of rotatable bonds is 6. The van der Waals surface area contributed by atoms with Gasteiger partial charge >= 0.3 is 0 Å². The Morgan fingerprint density at radius 2 is 1.92 bits per heavy atom. The first-order valence-corrected chi connectivity index (χ1v) is 9.18. The summed E-state index contributed by atoms with van der Waals surface area (Å²) in [5.41, 5.74) is 1.77. The van der Waals surface area contributed by atoms with Crippen LogP contribution in [0.15, 0.2) is 42.7 Å². The molecule has 1 aliphatic heterocycles. The van der Waals surface area contributed by atoms with Crippen molar-refractivity contribution in [2.75, 3.05) is 39.0 Å². The molecule has 26 heavy (non-hydrogen) atoms. The van der Waals surface area contributed by atoms with Crippen LogP contribution in [0.1, 0.15) is 28.9 Å². The van der Waals surface area contributed by atoms with Crippen molar-refractivity contribution < 1.29 is 4.79 Å². The SMILES string of the molecule is CN(C)C(=O)c1cncc(NC2CCN(CCc3ccccc3)CC2)n1. The Morgan fingerprint density at radius 1 is 1.19 bits per heavy atom. The highest BCUT2D eigenvalue weighted by Gasteiger charge is 2.20. The molecule has 0 unspecified atom stereocenters. The minimum Gasteiger partial charge on any atom is -0.366 e. The molecule has 1 fully saturated rings. The number of carbonyl (C=O) groups excluding carboxylic acids is 1. The number of piperidine rings is 1. The molecule has 0 atom stereocenters. The lowest BCUT2D eigenvalue weighted by Gasteiger charge is -2.32. The third kappa shape index (κ3) is 5.02. The summed E-state index contributed by atoms with van der Waals surface area (Å²) in [4.78, 5) is 24.6. The first-order chi connectivity index (χ1) is 12.6. The first kappa shape index (κ1) is 18.3. The topological polar surface area (TPSA) is 61.4 Å². The van der Waals surface area contributed by atoms with Gasteiger partial charge in [0.25, 0.3) is 5.91 Å². The van der Waals surface area contributed by atoms with Gasteiger partial charge in [-0.2, -0.15) is 0 Å². The lowest BCUT2D eigenvalue weighted by atomic mass is 10.0. The molecule has 3 rings (SSSR count). The van der Waals surface area contributed by atoms with Crippen molar-refractivity contribution >= 4 is 11.7 Å². The number of hydrogen-bond donors (Lipinski definition) is 1. The van der Waals surface area contributed by atoms with Crippen LogP contribution < -0.4 is 5.32 Å². The number of nitrogens with one attached hydrogen (secondary N) is 1. The summed E-state index contributed by atoms with van der Waals surface area (Å²) in [7, 11) is 3.44. The predicted octanol–water partition coefficient (Wildman–Crippen LogP) is 2.30. The van der Waals surface area contributed by atoms with Gasteiger partial charge in [-0.05, 0) is 24.8 Å². The van der Waals surface area contributed by atoms with E-state index >= 15 is 0 Å². The highest BCUT2D eigenvalue weighted by Crippen LogP contribution is 2.16. The fraction of sp³-hybridized carbons (Fsp3) is 0.450. The summed E-state index contributed by atoms with van der Waals surface area (Å²) in [5.74, 6) is 0.553. The maximum Gasteiger partial charge on any atom is 0.273 e. The monoisotopic (exact) mass is 353 g/mol. The smallest absolute Gasteiger partial charge is 0.273 e. The molecular weight excluding hydrogens is 326 g/mol. The van der Waals surface area contributed by atoms with Crippen LogP contribution in [-0.2, 0) is 6.42 Å². The van der Waals surface area contributed by atoms with E-state index in [-0.39, 0.29) is 5.91 Å². The zero-order valence-corrected chi connectivity index (χ0v) is 15.6. The summed E-state index contributed by atoms with van der Waals surface area (Å²) in [6.45, 7) is 3.26. The molecule has 1 aliphatic rings. The van der Waals surface area contributed by atoms with Crippen LogP contribution in [0.3, 0.4) is 0 Å². The zero-order chi connectivity index (χ0) is 18.4. The molecule has 1 saturated heterocycles. The normalized spacial score (nSPS) is 15.6. The number of hydrogen-bond acceptors (Lipinski definition) is 5. The molecule has 1 amide bonds. The molecule has 2 aromatic rings. The van der Waals surface area contributed by atoms with Crippen LogP contribution in [0.2, 0.25) is 0 Å². The van der Waals surface area contributed by atoms with Crippen LogP contribution in [-0.4, -0.2) is 65.4 Å².